The first-order chi connectivity index (χ1) is 34.1. The van der Waals surface area contributed by atoms with Crippen LogP contribution in [0.15, 0.2) is 54.6 Å². The number of carbonyl (C=O) groups is 3. The van der Waals surface area contributed by atoms with E-state index in [0.717, 1.165) is 39.7 Å². The predicted molar refractivity (Wildman–Crippen MR) is 275 cm³/mol. The summed E-state index contributed by atoms with van der Waals surface area (Å²) in [6.07, 6.45) is 0. The van der Waals surface area contributed by atoms with Crippen molar-refractivity contribution >= 4 is 155 Å². The molecule has 3 aromatic heterocycles. The highest BCUT2D eigenvalue weighted by Crippen LogP contribution is 2.56. The fourth-order valence-corrected chi connectivity index (χ4v) is 8.81. The maximum atomic E-state index is 13.2. The number of H-pyrrole nitrogens is 1. The van der Waals surface area contributed by atoms with Gasteiger partial charge in [0.05, 0.1) is 43.3 Å². The van der Waals surface area contributed by atoms with Gasteiger partial charge in [0.2, 0.25) is 0 Å². The molecule has 3 amide bonds. The Labute approximate surface area is 463 Å². The number of aromatic nitrogens is 6. The van der Waals surface area contributed by atoms with E-state index in [-0.39, 0.29) is 79.7 Å². The van der Waals surface area contributed by atoms with Gasteiger partial charge in [0.25, 0.3) is 17.7 Å². The smallest absolute Gasteiger partial charge is 0.319 e. The molecule has 74 heavy (non-hydrogen) atoms. The van der Waals surface area contributed by atoms with Gasteiger partial charge in [-0.2, -0.15) is 15.3 Å². The average molecular weight is 1260 g/mol. The van der Waals surface area contributed by atoms with Crippen LogP contribution in [0.3, 0.4) is 0 Å². The summed E-state index contributed by atoms with van der Waals surface area (Å²) in [6.45, 7) is 8.93. The minimum atomic E-state index is -4.76. The second-order valence-corrected chi connectivity index (χ2v) is 22.4. The Hall–Kier alpha value is -3.68. The van der Waals surface area contributed by atoms with Crippen LogP contribution in [0.5, 0.6) is 0 Å². The van der Waals surface area contributed by atoms with Gasteiger partial charge in [0, 0.05) is 0 Å². The number of amides is 3. The summed E-state index contributed by atoms with van der Waals surface area (Å²) in [5.41, 5.74) is -1.83. The molecule has 0 aliphatic carbocycles. The molecule has 6 N–H and O–H groups in total. The van der Waals surface area contributed by atoms with Crippen molar-refractivity contribution in [2.24, 2.45) is 0 Å². The van der Waals surface area contributed by atoms with Crippen LogP contribution in [-0.2, 0) is 40.7 Å². The van der Waals surface area contributed by atoms with Crippen LogP contribution < -0.4 is 16.0 Å². The molecule has 20 nitrogen and oxygen atoms in total. The SMILES string of the molecule is CC(C)(C)OP(=O)(OCn1nc(C(=O)Nc2ccc(F)cc2Cl)c(Cl)c1Cl)OC(C)(C)C.O=C(Nc1ccc(F)cc1Cl)c1n[nH]c(Cl)c1Cl.O=C(Nc1ccc(F)cc1Cl)c1nn(COP(=O)(O)O)c(Cl)c1Cl. The van der Waals surface area contributed by atoms with Gasteiger partial charge in [-0.1, -0.05) is 104 Å². The molecule has 0 aliphatic rings. The first-order valence-corrected chi connectivity index (χ1v) is 26.3. The number of carbonyl (C=O) groups excluding carboxylic acids is 3. The van der Waals surface area contributed by atoms with Crippen LogP contribution >= 0.6 is 120 Å². The van der Waals surface area contributed by atoms with Gasteiger partial charge in [0.15, 0.2) is 30.5 Å². The molecule has 0 spiro atoms. The lowest BCUT2D eigenvalue weighted by Crippen LogP contribution is -2.25. The number of phosphoric ester groups is 2. The number of nitrogens with one attached hydrogen (secondary N) is 4. The highest BCUT2D eigenvalue weighted by Gasteiger charge is 2.38. The molecule has 0 saturated carbocycles. The highest BCUT2D eigenvalue weighted by atomic mass is 35.5. The Balaban J connectivity index is 0.000000250. The van der Waals surface area contributed by atoms with Gasteiger partial charge >= 0.3 is 15.6 Å². The van der Waals surface area contributed by atoms with E-state index in [0.29, 0.717) is 0 Å². The van der Waals surface area contributed by atoms with Gasteiger partial charge in [-0.25, -0.2) is 31.7 Å². The fraction of sp³-hybridized carbons (Fsp3) is 0.250. The van der Waals surface area contributed by atoms with Crippen molar-refractivity contribution in [3.8, 4) is 0 Å². The van der Waals surface area contributed by atoms with Crippen LogP contribution in [0.2, 0.25) is 45.6 Å². The summed E-state index contributed by atoms with van der Waals surface area (Å²) < 4.78 is 85.3. The van der Waals surface area contributed by atoms with E-state index in [1.54, 1.807) is 41.5 Å². The normalized spacial score (nSPS) is 11.8. The maximum Gasteiger partial charge on any atom is 0.477 e. The molecule has 0 bridgehead atoms. The number of benzene rings is 3. The third-order valence-electron chi connectivity index (χ3n) is 7.98. The van der Waals surface area contributed by atoms with Crippen LogP contribution in [0.25, 0.3) is 0 Å². The topological polar surface area (TPSA) is 263 Å². The second-order valence-electron chi connectivity index (χ2n) is 16.2. The second kappa shape index (κ2) is 26.1. The monoisotopic (exact) mass is 1250 g/mol. The Morgan fingerprint density at radius 1 is 0.581 bits per heavy atom. The molecule has 0 aliphatic heterocycles. The molecule has 0 unspecified atom stereocenters. The quantitative estimate of drug-likeness (QED) is 0.0554. The average Bonchev–Trinajstić information content (AvgIpc) is 3.87. The van der Waals surface area contributed by atoms with E-state index in [9.17, 15) is 36.7 Å². The number of halogens is 12. The zero-order valence-electron chi connectivity index (χ0n) is 38.3. The number of hydrogen-bond donors (Lipinski definition) is 6. The summed E-state index contributed by atoms with van der Waals surface area (Å²) in [7, 11) is -8.82. The van der Waals surface area contributed by atoms with E-state index >= 15 is 0 Å². The largest absolute Gasteiger partial charge is 0.477 e. The lowest BCUT2D eigenvalue weighted by molar-refractivity contribution is -0.00758. The van der Waals surface area contributed by atoms with E-state index in [4.69, 9.17) is 128 Å². The molecule has 3 heterocycles. The van der Waals surface area contributed by atoms with Crippen molar-refractivity contribution in [3.05, 3.63) is 135 Å². The van der Waals surface area contributed by atoms with E-state index in [2.05, 4.69) is 40.9 Å². The molecular weight excluding hydrogens is 1220 g/mol. The number of nitrogens with zero attached hydrogens (tertiary/aromatic N) is 5. The predicted octanol–water partition coefficient (Wildman–Crippen LogP) is 14.0. The van der Waals surface area contributed by atoms with Gasteiger partial charge in [-0.15, -0.1) is 0 Å². The molecule has 3 aromatic carbocycles. The van der Waals surface area contributed by atoms with Gasteiger partial charge < -0.3 is 25.7 Å². The van der Waals surface area contributed by atoms with E-state index in [1.165, 1.54) is 24.3 Å². The third-order valence-corrected chi connectivity index (χ3v) is 13.8. The first-order valence-electron chi connectivity index (χ1n) is 19.9. The Morgan fingerprint density at radius 2 is 0.919 bits per heavy atom. The molecular formula is C40H37Cl9F3N9O11P2. The van der Waals surface area contributed by atoms with Crippen LogP contribution in [-0.4, -0.2) is 68.5 Å². The van der Waals surface area contributed by atoms with Crippen molar-refractivity contribution in [1.29, 1.82) is 0 Å². The molecule has 0 radical (unpaired) electrons. The minimum Gasteiger partial charge on any atom is -0.319 e. The third kappa shape index (κ3) is 18.8. The highest BCUT2D eigenvalue weighted by molar-refractivity contribution is 7.48. The summed E-state index contributed by atoms with van der Waals surface area (Å²) in [6, 6.07) is 10.4. The summed E-state index contributed by atoms with van der Waals surface area (Å²) in [5.74, 6) is -3.81. The van der Waals surface area contributed by atoms with Crippen molar-refractivity contribution in [1.82, 2.24) is 29.8 Å². The molecule has 34 heteroatoms. The number of hydrogen-bond acceptors (Lipinski definition) is 12. The van der Waals surface area contributed by atoms with E-state index in [1.807, 2.05) is 0 Å². The molecule has 0 fully saturated rings. The Morgan fingerprint density at radius 3 is 1.22 bits per heavy atom. The molecule has 0 atom stereocenters. The van der Waals surface area contributed by atoms with Crippen LogP contribution in [0, 0.1) is 17.5 Å². The molecule has 6 rings (SSSR count). The van der Waals surface area contributed by atoms with Crippen LogP contribution in [0.4, 0.5) is 30.2 Å². The van der Waals surface area contributed by atoms with Crippen LogP contribution in [0.1, 0.15) is 73.0 Å². The Bertz CT molecular complexity index is 3130. The summed E-state index contributed by atoms with van der Waals surface area (Å²) in [5, 5.41) is 20.2. The maximum absolute atomic E-state index is 13.2. The minimum absolute atomic E-state index is 0.00685. The molecule has 0 saturated heterocycles. The number of phosphoric acid groups is 2. The van der Waals surface area contributed by atoms with Crippen molar-refractivity contribution < 1.29 is 64.6 Å². The number of aromatic amines is 1. The standard InChI is InChI=1S/C19H24Cl3FN3O5P.C11H8Cl3FN3O5P.C10H5Cl3FN3O/c1-18(2,3)30-32(28,31-19(4,5)6)29-10-26-16(22)14(21)15(25-26)17(27)24-13-8-7-11(23)9-12(13)20;12-6-3-5(15)1-2-7(6)16-11(19)9-8(13)10(14)18(17-9)4-23-24(20,21)22;11-5-3-4(14)1-2-6(5)15-10(18)8-7(12)9(13)17-16-8/h7-9H,10H2,1-6H3,(H,24,27);1-3H,4H2,(H,16,19)(H2,20,21,22);1-3H,(H,15,18)(H,16,17). The summed E-state index contributed by atoms with van der Waals surface area (Å²) >= 11 is 52.9. The molecule has 402 valence electrons. The fourth-order valence-electron chi connectivity index (χ4n) is 5.07. The lowest BCUT2D eigenvalue weighted by Gasteiger charge is -2.30. The van der Waals surface area contributed by atoms with Gasteiger partial charge in [-0.3, -0.25) is 37.6 Å². The number of rotatable bonds is 14. The lowest BCUT2D eigenvalue weighted by atomic mass is 10.2. The van der Waals surface area contributed by atoms with Crippen molar-refractivity contribution in [2.45, 2.75) is 66.2 Å². The summed E-state index contributed by atoms with van der Waals surface area (Å²) in [4.78, 5) is 53.8. The van der Waals surface area contributed by atoms with E-state index < -0.39 is 75.5 Å². The zero-order chi connectivity index (χ0) is 55.8. The Kier molecular flexibility index (Phi) is 22.2. The van der Waals surface area contributed by atoms with Crippen molar-refractivity contribution in [2.75, 3.05) is 16.0 Å². The van der Waals surface area contributed by atoms with Crippen molar-refractivity contribution in [3.63, 3.8) is 0 Å². The van der Waals surface area contributed by atoms with Gasteiger partial charge in [0.1, 0.15) is 48.0 Å². The number of anilines is 3. The molecule has 6 aromatic rings. The first kappa shape index (κ1) is 62.9. The van der Waals surface area contributed by atoms with Gasteiger partial charge in [-0.05, 0) is 96.1 Å². The zero-order valence-corrected chi connectivity index (χ0v) is 46.9.